The minimum Gasteiger partial charge on any atom is -0.343 e. The Balaban J connectivity index is 1.44. The Bertz CT molecular complexity index is 1300. The molecular weight excluding hydrogens is 464 g/mol. The van der Waals surface area contributed by atoms with Gasteiger partial charge in [0.2, 0.25) is 17.8 Å². The third-order valence-corrected chi connectivity index (χ3v) is 6.67. The van der Waals surface area contributed by atoms with E-state index >= 15 is 0 Å². The molecule has 0 saturated carbocycles. The van der Waals surface area contributed by atoms with Gasteiger partial charge in [-0.15, -0.1) is 0 Å². The number of anilines is 5. The topological polar surface area (TPSA) is 99.2 Å². The van der Waals surface area contributed by atoms with E-state index in [2.05, 4.69) is 57.6 Å². The van der Waals surface area contributed by atoms with Crippen LogP contribution >= 0.6 is 0 Å². The quantitative estimate of drug-likeness (QED) is 0.339. The Morgan fingerprint density at radius 2 is 1.81 bits per heavy atom. The predicted molar refractivity (Wildman–Crippen MR) is 149 cm³/mol. The van der Waals surface area contributed by atoms with Gasteiger partial charge in [0.05, 0.1) is 0 Å². The monoisotopic (exact) mass is 498 g/mol. The minimum absolute atomic E-state index is 0.244. The van der Waals surface area contributed by atoms with Gasteiger partial charge in [-0.2, -0.15) is 4.98 Å². The van der Waals surface area contributed by atoms with Crippen LogP contribution in [0.25, 0.3) is 0 Å². The fourth-order valence-electron chi connectivity index (χ4n) is 4.52. The molecule has 8 heteroatoms. The first-order valence-corrected chi connectivity index (χ1v) is 12.7. The lowest BCUT2D eigenvalue weighted by molar-refractivity contribution is -0.131. The average Bonchev–Trinajstić information content (AvgIpc) is 2.91. The van der Waals surface area contributed by atoms with Gasteiger partial charge in [-0.25, -0.2) is 4.98 Å². The van der Waals surface area contributed by atoms with E-state index in [0.29, 0.717) is 29.8 Å². The van der Waals surface area contributed by atoms with Gasteiger partial charge in [-0.05, 0) is 74.1 Å². The number of likely N-dealkylation sites (tertiary alicyclic amines) is 1. The zero-order valence-corrected chi connectivity index (χ0v) is 21.7. The highest BCUT2D eigenvalue weighted by Gasteiger charge is 2.23. The summed E-state index contributed by atoms with van der Waals surface area (Å²) in [5.41, 5.74) is 5.73. The summed E-state index contributed by atoms with van der Waals surface area (Å²) in [7, 11) is 0. The number of nitrogens with zero attached hydrogens (tertiary/aromatic N) is 3. The molecular formula is C29H34N6O2. The number of aromatic nitrogens is 2. The number of benzene rings is 2. The smallest absolute Gasteiger partial charge is 0.247 e. The number of piperidine rings is 1. The third-order valence-electron chi connectivity index (χ3n) is 6.67. The van der Waals surface area contributed by atoms with Crippen molar-refractivity contribution in [2.24, 2.45) is 0 Å². The Labute approximate surface area is 218 Å². The predicted octanol–water partition coefficient (Wildman–Crippen LogP) is 5.82. The summed E-state index contributed by atoms with van der Waals surface area (Å²) in [5, 5.41) is 9.42. The summed E-state index contributed by atoms with van der Waals surface area (Å²) in [4.78, 5) is 34.7. The fraction of sp³-hybridized carbons (Fsp3) is 0.310. The zero-order valence-electron chi connectivity index (χ0n) is 21.7. The van der Waals surface area contributed by atoms with Gasteiger partial charge < -0.3 is 20.9 Å². The molecule has 1 aliphatic rings. The highest BCUT2D eigenvalue weighted by atomic mass is 16.2. The van der Waals surface area contributed by atoms with E-state index in [-0.39, 0.29) is 11.8 Å². The van der Waals surface area contributed by atoms with Gasteiger partial charge in [-0.3, -0.25) is 9.59 Å². The molecule has 1 fully saturated rings. The van der Waals surface area contributed by atoms with Crippen LogP contribution in [0.1, 0.15) is 48.8 Å². The molecule has 0 radical (unpaired) electrons. The van der Waals surface area contributed by atoms with Crippen LogP contribution in [0.2, 0.25) is 0 Å². The number of hydrogen-bond acceptors (Lipinski definition) is 6. The van der Waals surface area contributed by atoms with Crippen LogP contribution in [0.5, 0.6) is 0 Å². The van der Waals surface area contributed by atoms with Crippen molar-refractivity contribution in [3.63, 3.8) is 0 Å². The molecule has 0 unspecified atom stereocenters. The standard InChI is InChI=1S/C29H34N6O2/c1-5-26(36)31-23-8-7-9-24(17-23)32-28-20(4)18-30-29(34-28)33-25-11-10-22(16-19(25)3)21-12-14-35(15-13-21)27(37)6-2/h5,7-11,16-18,21H,1,6,12-15H2,2-4H3,(H,31,36)(H2,30,32,33,34). The van der Waals surface area contributed by atoms with E-state index in [9.17, 15) is 9.59 Å². The fourth-order valence-corrected chi connectivity index (χ4v) is 4.52. The van der Waals surface area contributed by atoms with Gasteiger partial charge in [-0.1, -0.05) is 31.7 Å². The minimum atomic E-state index is -0.264. The zero-order chi connectivity index (χ0) is 26.4. The first kappa shape index (κ1) is 25.9. The van der Waals surface area contributed by atoms with Gasteiger partial charge in [0, 0.05) is 48.3 Å². The highest BCUT2D eigenvalue weighted by Crippen LogP contribution is 2.31. The van der Waals surface area contributed by atoms with E-state index in [1.54, 1.807) is 6.20 Å². The number of amides is 2. The lowest BCUT2D eigenvalue weighted by Gasteiger charge is -2.32. The van der Waals surface area contributed by atoms with Crippen LogP contribution in [0.15, 0.2) is 61.3 Å². The molecule has 0 spiro atoms. The Morgan fingerprint density at radius 1 is 1.05 bits per heavy atom. The van der Waals surface area contributed by atoms with Crippen LogP contribution in [0.3, 0.4) is 0 Å². The molecule has 2 heterocycles. The SMILES string of the molecule is C=CC(=O)Nc1cccc(Nc2nc(Nc3ccc(C4CCN(C(=O)CC)CC4)cc3C)ncc2C)c1. The van der Waals surface area contributed by atoms with Crippen molar-refractivity contribution < 1.29 is 9.59 Å². The Morgan fingerprint density at radius 3 is 2.51 bits per heavy atom. The van der Waals surface area contributed by atoms with Gasteiger partial charge in [0.15, 0.2) is 0 Å². The molecule has 1 aliphatic heterocycles. The first-order chi connectivity index (χ1) is 17.9. The van der Waals surface area contributed by atoms with Crippen LogP contribution in [0.4, 0.5) is 28.8 Å². The van der Waals surface area contributed by atoms with E-state index < -0.39 is 0 Å². The molecule has 4 rings (SSSR count). The van der Waals surface area contributed by atoms with Gasteiger partial charge >= 0.3 is 0 Å². The van der Waals surface area contributed by atoms with E-state index in [1.165, 1.54) is 11.6 Å². The van der Waals surface area contributed by atoms with E-state index in [0.717, 1.165) is 48.4 Å². The molecule has 2 amide bonds. The largest absolute Gasteiger partial charge is 0.343 e. The molecule has 192 valence electrons. The number of rotatable bonds is 8. The van der Waals surface area contributed by atoms with Crippen molar-refractivity contribution >= 4 is 40.6 Å². The molecule has 8 nitrogen and oxygen atoms in total. The van der Waals surface area contributed by atoms with Crippen molar-refractivity contribution in [3.05, 3.63) is 78.0 Å². The number of carbonyl (C=O) groups is 2. The summed E-state index contributed by atoms with van der Waals surface area (Å²) in [6, 6.07) is 13.9. The van der Waals surface area contributed by atoms with Crippen molar-refractivity contribution in [3.8, 4) is 0 Å². The third kappa shape index (κ3) is 6.52. The molecule has 1 saturated heterocycles. The molecule has 0 atom stereocenters. The summed E-state index contributed by atoms with van der Waals surface area (Å²) >= 11 is 0. The number of carbonyl (C=O) groups excluding carboxylic acids is 2. The van der Waals surface area contributed by atoms with Gasteiger partial charge in [0.1, 0.15) is 5.82 Å². The second-order valence-corrected chi connectivity index (χ2v) is 9.33. The van der Waals surface area contributed by atoms with Crippen LogP contribution < -0.4 is 16.0 Å². The lowest BCUT2D eigenvalue weighted by atomic mass is 9.88. The van der Waals surface area contributed by atoms with Crippen molar-refractivity contribution in [1.29, 1.82) is 0 Å². The molecule has 37 heavy (non-hydrogen) atoms. The summed E-state index contributed by atoms with van der Waals surface area (Å²) in [6.45, 7) is 11.1. The normalized spacial score (nSPS) is 13.6. The second-order valence-electron chi connectivity index (χ2n) is 9.33. The molecule has 1 aromatic heterocycles. The van der Waals surface area contributed by atoms with Crippen LogP contribution in [0, 0.1) is 13.8 Å². The number of aryl methyl sites for hydroxylation is 2. The number of nitrogens with one attached hydrogen (secondary N) is 3. The second kappa shape index (κ2) is 11.7. The van der Waals surface area contributed by atoms with E-state index in [1.807, 2.05) is 43.0 Å². The Kier molecular flexibility index (Phi) is 8.18. The molecule has 0 bridgehead atoms. The average molecular weight is 499 g/mol. The first-order valence-electron chi connectivity index (χ1n) is 12.7. The molecule has 3 aromatic rings. The maximum absolute atomic E-state index is 12.0. The highest BCUT2D eigenvalue weighted by molar-refractivity contribution is 5.99. The van der Waals surface area contributed by atoms with Crippen molar-refractivity contribution in [1.82, 2.24) is 14.9 Å². The van der Waals surface area contributed by atoms with Crippen molar-refractivity contribution in [2.75, 3.05) is 29.0 Å². The molecule has 2 aromatic carbocycles. The summed E-state index contributed by atoms with van der Waals surface area (Å²) < 4.78 is 0. The van der Waals surface area contributed by atoms with E-state index in [4.69, 9.17) is 0 Å². The maximum Gasteiger partial charge on any atom is 0.247 e. The Hall–Kier alpha value is -4.20. The van der Waals surface area contributed by atoms with Crippen LogP contribution in [-0.4, -0.2) is 39.8 Å². The number of hydrogen-bond donors (Lipinski definition) is 3. The summed E-state index contributed by atoms with van der Waals surface area (Å²) in [5.74, 6) is 1.61. The summed E-state index contributed by atoms with van der Waals surface area (Å²) in [6.07, 6.45) is 5.57. The maximum atomic E-state index is 12.0. The van der Waals surface area contributed by atoms with Gasteiger partial charge in [0.25, 0.3) is 0 Å². The lowest BCUT2D eigenvalue weighted by Crippen LogP contribution is -2.37. The molecule has 0 aliphatic carbocycles. The van der Waals surface area contributed by atoms with Crippen LogP contribution in [-0.2, 0) is 9.59 Å². The van der Waals surface area contributed by atoms with Crippen molar-refractivity contribution in [2.45, 2.75) is 46.0 Å². The molecule has 3 N–H and O–H groups in total.